The number of hydrogen-bond donors (Lipinski definition) is 0. The van der Waals surface area contributed by atoms with E-state index in [-0.39, 0.29) is 17.5 Å². The number of nitrogens with zero attached hydrogens (tertiary/aromatic N) is 2. The minimum Gasteiger partial charge on any atom is -0.481 e. The van der Waals surface area contributed by atoms with Crippen LogP contribution >= 0.6 is 0 Å². The van der Waals surface area contributed by atoms with Crippen LogP contribution in [-0.2, 0) is 9.47 Å². The van der Waals surface area contributed by atoms with Crippen LogP contribution in [0.3, 0.4) is 0 Å². The molecule has 35 heavy (non-hydrogen) atoms. The Morgan fingerprint density at radius 3 is 2.60 bits per heavy atom. The first-order chi connectivity index (χ1) is 17.1. The largest absolute Gasteiger partial charge is 0.481 e. The Kier molecular flexibility index (Phi) is 8.77. The molecule has 3 aromatic rings. The van der Waals surface area contributed by atoms with Gasteiger partial charge in [-0.15, -0.1) is 0 Å². The number of Topliss-reactive ketones (excluding diaryl/α,β-unsaturated/α-hetero) is 1. The average Bonchev–Trinajstić information content (AvgIpc) is 2.90. The number of ether oxygens (including phenoxy) is 3. The Labute approximate surface area is 205 Å². The highest BCUT2D eigenvalue weighted by molar-refractivity contribution is 5.96. The molecule has 0 unspecified atom stereocenters. The summed E-state index contributed by atoms with van der Waals surface area (Å²) in [6, 6.07) is 10.3. The molecule has 0 N–H and O–H groups in total. The van der Waals surface area contributed by atoms with Gasteiger partial charge in [-0.1, -0.05) is 0 Å². The Hall–Kier alpha value is -2.90. The van der Waals surface area contributed by atoms with Gasteiger partial charge >= 0.3 is 0 Å². The van der Waals surface area contributed by atoms with Gasteiger partial charge in [0.2, 0.25) is 5.88 Å². The quantitative estimate of drug-likeness (QED) is 0.263. The van der Waals surface area contributed by atoms with E-state index >= 15 is 0 Å². The van der Waals surface area contributed by atoms with E-state index in [9.17, 15) is 9.18 Å². The van der Waals surface area contributed by atoms with Gasteiger partial charge in [0.1, 0.15) is 5.82 Å². The number of carbonyl (C=O) groups is 1. The van der Waals surface area contributed by atoms with Crippen LogP contribution in [-0.4, -0.2) is 49.8 Å². The van der Waals surface area contributed by atoms with E-state index in [1.165, 1.54) is 11.6 Å². The van der Waals surface area contributed by atoms with Crippen LogP contribution < -0.4 is 4.74 Å². The smallest absolute Gasteiger partial charge is 0.212 e. The molecule has 2 heterocycles. The topological polar surface area (TPSA) is 70.5 Å². The number of hydrogen-bond acceptors (Lipinski definition) is 6. The highest BCUT2D eigenvalue weighted by Crippen LogP contribution is 2.41. The van der Waals surface area contributed by atoms with E-state index in [1.807, 2.05) is 12.3 Å². The van der Waals surface area contributed by atoms with Crippen molar-refractivity contribution in [1.29, 1.82) is 0 Å². The molecule has 0 radical (unpaired) electrons. The molecule has 0 saturated heterocycles. The highest BCUT2D eigenvalue weighted by Gasteiger charge is 2.31. The summed E-state index contributed by atoms with van der Waals surface area (Å²) >= 11 is 0. The van der Waals surface area contributed by atoms with Gasteiger partial charge in [-0.3, -0.25) is 9.78 Å². The molecule has 0 amide bonds. The first-order valence-electron chi connectivity index (χ1n) is 12.2. The number of aromatic nitrogens is 2. The predicted octanol–water partition coefficient (Wildman–Crippen LogP) is 5.60. The Morgan fingerprint density at radius 2 is 1.89 bits per heavy atom. The molecule has 1 saturated carbocycles. The fraction of sp³-hybridized carbons (Fsp3) is 0.464. The number of pyridine rings is 2. The maximum atomic E-state index is 13.9. The van der Waals surface area contributed by atoms with Crippen molar-refractivity contribution in [2.75, 3.05) is 34.0 Å². The normalized spacial score (nSPS) is 18.9. The Balaban J connectivity index is 1.43. The second-order valence-electron chi connectivity index (χ2n) is 9.22. The van der Waals surface area contributed by atoms with E-state index in [2.05, 4.69) is 9.97 Å². The molecule has 2 aromatic heterocycles. The van der Waals surface area contributed by atoms with Crippen molar-refractivity contribution in [3.63, 3.8) is 0 Å². The van der Waals surface area contributed by atoms with E-state index in [4.69, 9.17) is 14.2 Å². The molecule has 0 spiro atoms. The Bertz CT molecular complexity index is 1110. The second kappa shape index (κ2) is 12.2. The minimum absolute atomic E-state index is 0.0678. The molecule has 4 rings (SSSR count). The van der Waals surface area contributed by atoms with Crippen LogP contribution in [0.4, 0.5) is 4.39 Å². The maximum Gasteiger partial charge on any atom is 0.212 e. The van der Waals surface area contributed by atoms with Crippen molar-refractivity contribution in [2.24, 2.45) is 11.8 Å². The van der Waals surface area contributed by atoms with E-state index in [1.54, 1.807) is 44.7 Å². The summed E-state index contributed by atoms with van der Waals surface area (Å²) in [5.74, 6) is 1.18. The van der Waals surface area contributed by atoms with Gasteiger partial charge < -0.3 is 14.2 Å². The third-order valence-corrected chi connectivity index (χ3v) is 7.09. The Morgan fingerprint density at radius 1 is 1.06 bits per heavy atom. The number of ketones is 1. The molecule has 1 fully saturated rings. The molecular weight excluding hydrogens is 447 g/mol. The number of rotatable bonds is 11. The molecule has 186 valence electrons. The molecule has 1 aliphatic carbocycles. The SMILES string of the molecule is COCCOC[C@@H](CC(=O)c1ccc(OC)nc1)C1CCC(c2ccnc3ccc(F)cc23)CC1. The average molecular weight is 481 g/mol. The molecule has 0 aliphatic heterocycles. The summed E-state index contributed by atoms with van der Waals surface area (Å²) in [6.07, 6.45) is 7.79. The lowest BCUT2D eigenvalue weighted by Gasteiger charge is -2.34. The van der Waals surface area contributed by atoms with Crippen LogP contribution in [0.1, 0.15) is 53.9 Å². The lowest BCUT2D eigenvalue weighted by Crippen LogP contribution is -2.27. The van der Waals surface area contributed by atoms with Gasteiger partial charge in [-0.25, -0.2) is 9.37 Å². The third-order valence-electron chi connectivity index (χ3n) is 7.09. The summed E-state index contributed by atoms with van der Waals surface area (Å²) < 4.78 is 30.0. The summed E-state index contributed by atoms with van der Waals surface area (Å²) in [4.78, 5) is 21.6. The maximum absolute atomic E-state index is 13.9. The molecule has 6 nitrogen and oxygen atoms in total. The fourth-order valence-corrected chi connectivity index (χ4v) is 5.16. The van der Waals surface area contributed by atoms with Gasteiger partial charge in [-0.2, -0.15) is 0 Å². The number of fused-ring (bicyclic) bond motifs is 1. The predicted molar refractivity (Wildman–Crippen MR) is 132 cm³/mol. The highest BCUT2D eigenvalue weighted by atomic mass is 19.1. The fourth-order valence-electron chi connectivity index (χ4n) is 5.16. The van der Waals surface area contributed by atoms with Crippen LogP contribution in [0, 0.1) is 17.7 Å². The van der Waals surface area contributed by atoms with Crippen LogP contribution in [0.15, 0.2) is 48.8 Å². The summed E-state index contributed by atoms with van der Waals surface area (Å²) in [5.41, 5.74) is 2.59. The number of carbonyl (C=O) groups excluding carboxylic acids is 1. The zero-order chi connectivity index (χ0) is 24.6. The van der Waals surface area contributed by atoms with Crippen LogP contribution in [0.5, 0.6) is 5.88 Å². The van der Waals surface area contributed by atoms with Crippen molar-refractivity contribution in [3.05, 3.63) is 65.7 Å². The third kappa shape index (κ3) is 6.41. The van der Waals surface area contributed by atoms with E-state index in [0.717, 1.165) is 36.6 Å². The summed E-state index contributed by atoms with van der Waals surface area (Å²) in [5, 5.41) is 0.901. The van der Waals surface area contributed by atoms with Crippen molar-refractivity contribution < 1.29 is 23.4 Å². The molecule has 1 aromatic carbocycles. The molecule has 1 atom stereocenters. The van der Waals surface area contributed by atoms with E-state index < -0.39 is 0 Å². The monoisotopic (exact) mass is 480 g/mol. The zero-order valence-corrected chi connectivity index (χ0v) is 20.4. The van der Waals surface area contributed by atoms with Crippen molar-refractivity contribution in [1.82, 2.24) is 9.97 Å². The summed E-state index contributed by atoms with van der Waals surface area (Å²) in [6.45, 7) is 1.56. The van der Waals surface area contributed by atoms with Gasteiger partial charge in [0, 0.05) is 42.9 Å². The first kappa shape index (κ1) is 25.2. The van der Waals surface area contributed by atoms with Crippen LogP contribution in [0.25, 0.3) is 10.9 Å². The van der Waals surface area contributed by atoms with Crippen molar-refractivity contribution in [3.8, 4) is 5.88 Å². The van der Waals surface area contributed by atoms with E-state index in [0.29, 0.717) is 49.5 Å². The summed E-state index contributed by atoms with van der Waals surface area (Å²) in [7, 11) is 3.20. The number of methoxy groups -OCH3 is 2. The molecular formula is C28H33FN2O4. The van der Waals surface area contributed by atoms with Crippen molar-refractivity contribution >= 4 is 16.7 Å². The molecule has 0 bridgehead atoms. The van der Waals surface area contributed by atoms with Gasteiger partial charge in [0.25, 0.3) is 0 Å². The van der Waals surface area contributed by atoms with Crippen LogP contribution in [0.2, 0.25) is 0 Å². The van der Waals surface area contributed by atoms with Gasteiger partial charge in [0.15, 0.2) is 5.78 Å². The zero-order valence-electron chi connectivity index (χ0n) is 20.4. The molecule has 1 aliphatic rings. The second-order valence-corrected chi connectivity index (χ2v) is 9.22. The lowest BCUT2D eigenvalue weighted by molar-refractivity contribution is 0.0294. The standard InChI is InChI=1S/C28H33FN2O4/c1-33-13-14-35-18-22(15-27(32)21-7-10-28(34-2)31-17-21)19-3-5-20(6-4-19)24-11-12-30-26-9-8-23(29)16-25(24)26/h7-12,16-17,19-20,22H,3-6,13-15,18H2,1-2H3/t19?,20?,22-/m1/s1. The number of halogens is 1. The first-order valence-corrected chi connectivity index (χ1v) is 12.2. The van der Waals surface area contributed by atoms with Crippen molar-refractivity contribution in [2.45, 2.75) is 38.0 Å². The number of benzene rings is 1. The van der Waals surface area contributed by atoms with Gasteiger partial charge in [0.05, 0.1) is 32.4 Å². The molecule has 7 heteroatoms. The lowest BCUT2D eigenvalue weighted by atomic mass is 9.72. The minimum atomic E-state index is -0.236. The van der Waals surface area contributed by atoms with Gasteiger partial charge in [-0.05, 0) is 79.3 Å².